The Morgan fingerprint density at radius 1 is 0.596 bits per heavy atom. The van der Waals surface area contributed by atoms with Crippen LogP contribution < -0.4 is 11.5 Å². The van der Waals surface area contributed by atoms with Crippen molar-refractivity contribution in [2.45, 2.75) is 14.7 Å². The molecule has 0 radical (unpaired) electrons. The summed E-state index contributed by atoms with van der Waals surface area (Å²) in [6.45, 7) is 0. The molecule has 0 aromatic heterocycles. The number of benzene rings is 5. The van der Waals surface area contributed by atoms with E-state index in [0.717, 1.165) is 24.3 Å². The molecule has 0 spiro atoms. The molecule has 0 fully saturated rings. The zero-order valence-corrected chi connectivity index (χ0v) is 25.7. The number of carbonyl (C=O) groups is 1. The number of hydrogen-bond acceptors (Lipinski definition) is 13. The summed E-state index contributed by atoms with van der Waals surface area (Å²) in [6.07, 6.45) is 0. The first-order valence-corrected chi connectivity index (χ1v) is 17.0. The monoisotopic (exact) mass is 700 g/mol. The van der Waals surface area contributed by atoms with Crippen LogP contribution in [0.3, 0.4) is 0 Å². The van der Waals surface area contributed by atoms with E-state index in [1.54, 1.807) is 0 Å². The minimum Gasteiger partial charge on any atom is -0.505 e. The van der Waals surface area contributed by atoms with Crippen molar-refractivity contribution in [1.82, 2.24) is 0 Å². The lowest BCUT2D eigenvalue weighted by atomic mass is 10.1. The van der Waals surface area contributed by atoms with Crippen LogP contribution in [-0.4, -0.2) is 49.9 Å². The second-order valence-electron chi connectivity index (χ2n) is 9.69. The Hall–Kier alpha value is -5.38. The maximum atomic E-state index is 12.0. The molecule has 0 atom stereocenters. The van der Waals surface area contributed by atoms with Crippen LogP contribution in [0, 0.1) is 0 Å². The second kappa shape index (κ2) is 11.8. The molecule has 8 N–H and O–H groups in total. The van der Waals surface area contributed by atoms with Crippen molar-refractivity contribution < 1.29 is 48.8 Å². The number of azo groups is 2. The van der Waals surface area contributed by atoms with Crippen LogP contribution in [0.4, 0.5) is 28.4 Å². The fraction of sp³-hybridized carbons (Fsp3) is 0. The van der Waals surface area contributed by atoms with Crippen molar-refractivity contribution >= 4 is 86.2 Å². The minimum absolute atomic E-state index is 0.0735. The number of amides is 1. The highest BCUT2D eigenvalue weighted by Crippen LogP contribution is 2.44. The van der Waals surface area contributed by atoms with E-state index in [1.165, 1.54) is 42.5 Å². The van der Waals surface area contributed by atoms with Crippen LogP contribution in [0.5, 0.6) is 5.75 Å². The molecule has 17 nitrogen and oxygen atoms in total. The van der Waals surface area contributed by atoms with Gasteiger partial charge in [0.1, 0.15) is 15.5 Å². The summed E-state index contributed by atoms with van der Waals surface area (Å²) in [5, 5.41) is 26.6. The van der Waals surface area contributed by atoms with Crippen LogP contribution >= 0.6 is 0 Å². The summed E-state index contributed by atoms with van der Waals surface area (Å²) in [5.41, 5.74) is 10.8. The molecule has 0 aliphatic carbocycles. The normalized spacial score (nSPS) is 12.8. The van der Waals surface area contributed by atoms with Crippen molar-refractivity contribution in [3.05, 3.63) is 78.4 Å². The van der Waals surface area contributed by atoms with Gasteiger partial charge in [-0.25, -0.2) is 0 Å². The molecule has 47 heavy (non-hydrogen) atoms. The van der Waals surface area contributed by atoms with Gasteiger partial charge in [0, 0.05) is 21.7 Å². The maximum absolute atomic E-state index is 12.0. The number of primary amides is 1. The number of carbonyl (C=O) groups excluding carboxylic acids is 1. The molecule has 0 heterocycles. The molecule has 0 aliphatic rings. The number of nitrogen functional groups attached to an aromatic ring is 1. The van der Waals surface area contributed by atoms with Crippen LogP contribution in [0.25, 0.3) is 21.5 Å². The van der Waals surface area contributed by atoms with Gasteiger partial charge < -0.3 is 16.6 Å². The highest BCUT2D eigenvalue weighted by molar-refractivity contribution is 7.87. The highest BCUT2D eigenvalue weighted by atomic mass is 32.2. The lowest BCUT2D eigenvalue weighted by Gasteiger charge is -2.13. The number of fused-ring (bicyclic) bond motifs is 2. The summed E-state index contributed by atoms with van der Waals surface area (Å²) < 4.78 is 100. The van der Waals surface area contributed by atoms with Gasteiger partial charge in [-0.05, 0) is 60.7 Å². The van der Waals surface area contributed by atoms with Gasteiger partial charge in [-0.1, -0.05) is 12.1 Å². The third-order valence-electron chi connectivity index (χ3n) is 6.71. The number of phenols is 1. The molecule has 0 bridgehead atoms. The predicted molar refractivity (Wildman–Crippen MR) is 167 cm³/mol. The zero-order valence-electron chi connectivity index (χ0n) is 23.2. The van der Waals surface area contributed by atoms with E-state index >= 15 is 0 Å². The molecule has 0 aliphatic heterocycles. The van der Waals surface area contributed by atoms with Crippen molar-refractivity contribution in [1.29, 1.82) is 0 Å². The van der Waals surface area contributed by atoms with Gasteiger partial charge in [-0.3, -0.25) is 18.5 Å². The number of nitrogens with two attached hydrogens (primary N) is 2. The second-order valence-corrected chi connectivity index (χ2v) is 13.9. The zero-order chi connectivity index (χ0) is 34.5. The Labute approximate surface area is 265 Å². The maximum Gasteiger partial charge on any atom is 0.296 e. The molecule has 0 saturated heterocycles. The summed E-state index contributed by atoms with van der Waals surface area (Å²) in [5.74, 6) is -1.50. The Bertz CT molecular complexity index is 2540. The quantitative estimate of drug-likeness (QED) is 0.0711. The van der Waals surface area contributed by atoms with E-state index in [2.05, 4.69) is 20.5 Å². The summed E-state index contributed by atoms with van der Waals surface area (Å²) in [4.78, 5) is 8.77. The van der Waals surface area contributed by atoms with E-state index in [4.69, 9.17) is 11.5 Å². The minimum atomic E-state index is -5.12. The standard InChI is InChI=1S/C27H20N6O11S3/c28-25-23(47(42,43)44)12-22(46(39,40)41)17-7-8-21(26(34)24(17)25)33-32-19-9-10-20(18-11-15(45(36,37)38)5-6-16(18)19)31-30-14-3-1-13(2-4-14)27(29)35/h1-12,34H,28H2,(H2,29,35)(H,36,37,38)(H,39,40,41)(H,42,43,44). The first kappa shape index (κ1) is 33.0. The molecule has 242 valence electrons. The average molecular weight is 701 g/mol. The molecular formula is C27H20N6O11S3. The van der Waals surface area contributed by atoms with Crippen molar-refractivity contribution in [2.75, 3.05) is 5.73 Å². The molecule has 5 aromatic rings. The topological polar surface area (TPSA) is 302 Å². The van der Waals surface area contributed by atoms with Gasteiger partial charge in [0.2, 0.25) is 5.91 Å². The summed E-state index contributed by atoms with van der Waals surface area (Å²) in [6, 6.07) is 14.7. The van der Waals surface area contributed by atoms with Gasteiger partial charge in [0.05, 0.1) is 33.0 Å². The van der Waals surface area contributed by atoms with Crippen molar-refractivity contribution in [2.24, 2.45) is 26.2 Å². The third-order valence-corrected chi connectivity index (χ3v) is 9.34. The number of nitrogens with zero attached hydrogens (tertiary/aromatic N) is 4. The first-order valence-electron chi connectivity index (χ1n) is 12.7. The predicted octanol–water partition coefficient (Wildman–Crippen LogP) is 4.95. The van der Waals surface area contributed by atoms with Crippen LogP contribution in [-0.2, 0) is 30.4 Å². The van der Waals surface area contributed by atoms with Crippen molar-refractivity contribution in [3.63, 3.8) is 0 Å². The number of phenolic OH excluding ortho intramolecular Hbond substituents is 1. The van der Waals surface area contributed by atoms with Crippen LogP contribution in [0.15, 0.2) is 108 Å². The van der Waals surface area contributed by atoms with E-state index in [-0.39, 0.29) is 33.4 Å². The summed E-state index contributed by atoms with van der Waals surface area (Å²) >= 11 is 0. The molecule has 20 heteroatoms. The van der Waals surface area contributed by atoms with Crippen LogP contribution in [0.1, 0.15) is 10.4 Å². The SMILES string of the molecule is NC(=O)c1ccc(N=Nc2ccc(N=Nc3ccc4c(S(=O)(=O)O)cc(S(=O)(=O)O)c(N)c4c3O)c3ccc(S(=O)(=O)O)cc23)cc1. The van der Waals surface area contributed by atoms with E-state index in [1.807, 2.05) is 0 Å². The Morgan fingerprint density at radius 3 is 1.70 bits per heavy atom. The highest BCUT2D eigenvalue weighted by Gasteiger charge is 2.26. The lowest BCUT2D eigenvalue weighted by Crippen LogP contribution is -2.10. The third kappa shape index (κ3) is 6.63. The molecule has 0 saturated carbocycles. The number of anilines is 1. The Kier molecular flexibility index (Phi) is 8.26. The van der Waals surface area contributed by atoms with Gasteiger partial charge in [-0.15, -0.1) is 15.3 Å². The Morgan fingerprint density at radius 2 is 1.13 bits per heavy atom. The number of hydrogen-bond donors (Lipinski definition) is 6. The van der Waals surface area contributed by atoms with Gasteiger partial charge in [0.25, 0.3) is 30.4 Å². The Balaban J connectivity index is 1.65. The molecule has 5 rings (SSSR count). The largest absolute Gasteiger partial charge is 0.505 e. The van der Waals surface area contributed by atoms with E-state index in [0.29, 0.717) is 11.8 Å². The van der Waals surface area contributed by atoms with E-state index in [9.17, 15) is 48.8 Å². The molecule has 1 amide bonds. The van der Waals surface area contributed by atoms with Crippen LogP contribution in [0.2, 0.25) is 0 Å². The molecular weight excluding hydrogens is 681 g/mol. The molecule has 0 unspecified atom stereocenters. The van der Waals surface area contributed by atoms with Gasteiger partial charge in [0.15, 0.2) is 5.75 Å². The average Bonchev–Trinajstić information content (AvgIpc) is 2.98. The van der Waals surface area contributed by atoms with Crippen molar-refractivity contribution in [3.8, 4) is 5.75 Å². The fourth-order valence-corrected chi connectivity index (χ4v) is 6.45. The number of rotatable bonds is 8. The van der Waals surface area contributed by atoms with Gasteiger partial charge >= 0.3 is 0 Å². The lowest BCUT2D eigenvalue weighted by molar-refractivity contribution is 0.1000. The molecule has 5 aromatic carbocycles. The fourth-order valence-electron chi connectivity index (χ4n) is 4.51. The first-order chi connectivity index (χ1) is 21.9. The summed E-state index contributed by atoms with van der Waals surface area (Å²) in [7, 11) is -14.9. The smallest absolute Gasteiger partial charge is 0.296 e. The van der Waals surface area contributed by atoms with Gasteiger partial charge in [-0.2, -0.15) is 30.4 Å². The van der Waals surface area contributed by atoms with E-state index < -0.39 is 73.2 Å². The number of aromatic hydroxyl groups is 1.